The van der Waals surface area contributed by atoms with Crippen LogP contribution in [0.25, 0.3) is 0 Å². The van der Waals surface area contributed by atoms with Gasteiger partial charge >= 0.3 is 6.18 Å². The van der Waals surface area contributed by atoms with Crippen LogP contribution in [0.15, 0.2) is 59.5 Å². The molecule has 152 valence electrons. The third-order valence-corrected chi connectivity index (χ3v) is 6.14. The summed E-state index contributed by atoms with van der Waals surface area (Å²) in [6.07, 6.45) is -4.58. The Morgan fingerprint density at radius 1 is 0.929 bits per heavy atom. The van der Waals surface area contributed by atoms with E-state index in [1.54, 1.807) is 0 Å². The van der Waals surface area contributed by atoms with Gasteiger partial charge in [0.1, 0.15) is 0 Å². The normalized spacial score (nSPS) is 16.3. The molecule has 1 saturated heterocycles. The molecule has 5 nitrogen and oxygen atoms in total. The predicted octanol–water partition coefficient (Wildman–Crippen LogP) is 2.81. The summed E-state index contributed by atoms with van der Waals surface area (Å²) in [4.78, 5) is 4.02. The van der Waals surface area contributed by atoms with Gasteiger partial charge in [-0.15, -0.1) is 0 Å². The zero-order valence-corrected chi connectivity index (χ0v) is 16.0. The molecule has 0 unspecified atom stereocenters. The average Bonchev–Trinajstić information content (AvgIpc) is 2.68. The molecule has 0 spiro atoms. The Bertz CT molecular complexity index is 881. The highest BCUT2D eigenvalue weighted by molar-refractivity contribution is 7.89. The third-order valence-electron chi connectivity index (χ3n) is 4.69. The highest BCUT2D eigenvalue weighted by atomic mass is 32.2. The van der Waals surface area contributed by atoms with Gasteiger partial charge in [-0.3, -0.25) is 4.90 Å². The second-order valence-electron chi connectivity index (χ2n) is 6.59. The summed E-state index contributed by atoms with van der Waals surface area (Å²) in [6.45, 7) is 3.90. The van der Waals surface area contributed by atoms with Crippen molar-refractivity contribution in [2.24, 2.45) is 0 Å². The van der Waals surface area contributed by atoms with Gasteiger partial charge in [0, 0.05) is 45.0 Å². The van der Waals surface area contributed by atoms with Gasteiger partial charge in [-0.25, -0.2) is 13.1 Å². The van der Waals surface area contributed by atoms with E-state index in [0.717, 1.165) is 50.1 Å². The van der Waals surface area contributed by atoms with Gasteiger partial charge in [0.2, 0.25) is 10.0 Å². The number of hydrogen-bond donors (Lipinski definition) is 1. The standard InChI is InChI=1S/C19H22F3N3O2S/c20-19(21,22)16-5-4-8-18(15-16)28(26,27)23-9-10-24-11-13-25(14-12-24)17-6-2-1-3-7-17/h1-8,15,23H,9-14H2. The first-order valence-electron chi connectivity index (χ1n) is 8.95. The van der Waals surface area contributed by atoms with Crippen molar-refractivity contribution in [3.05, 3.63) is 60.2 Å². The summed E-state index contributed by atoms with van der Waals surface area (Å²) in [6, 6.07) is 13.8. The number of para-hydroxylation sites is 1. The number of alkyl halides is 3. The number of halogens is 3. The molecule has 2 aromatic carbocycles. The van der Waals surface area contributed by atoms with E-state index in [4.69, 9.17) is 0 Å². The quantitative estimate of drug-likeness (QED) is 0.791. The Labute approximate surface area is 162 Å². The fraction of sp³-hybridized carbons (Fsp3) is 0.368. The SMILES string of the molecule is O=S(=O)(NCCN1CCN(c2ccccc2)CC1)c1cccc(C(F)(F)F)c1. The minimum Gasteiger partial charge on any atom is -0.369 e. The summed E-state index contributed by atoms with van der Waals surface area (Å²) in [5.74, 6) is 0. The second kappa shape index (κ2) is 8.50. The fourth-order valence-electron chi connectivity index (χ4n) is 3.13. The smallest absolute Gasteiger partial charge is 0.369 e. The summed E-state index contributed by atoms with van der Waals surface area (Å²) < 4.78 is 65.3. The number of nitrogens with zero attached hydrogens (tertiary/aromatic N) is 2. The molecule has 0 radical (unpaired) electrons. The number of anilines is 1. The van der Waals surface area contributed by atoms with Crippen molar-refractivity contribution in [2.45, 2.75) is 11.1 Å². The number of piperazine rings is 1. The molecule has 1 aliphatic heterocycles. The molecule has 1 heterocycles. The fourth-order valence-corrected chi connectivity index (χ4v) is 4.20. The first-order chi connectivity index (χ1) is 13.3. The minimum absolute atomic E-state index is 0.143. The van der Waals surface area contributed by atoms with Crippen LogP contribution < -0.4 is 9.62 Å². The van der Waals surface area contributed by atoms with Gasteiger partial charge in [0.05, 0.1) is 10.5 Å². The lowest BCUT2D eigenvalue weighted by Gasteiger charge is -2.36. The molecule has 3 rings (SSSR count). The van der Waals surface area contributed by atoms with E-state index in [0.29, 0.717) is 12.6 Å². The molecule has 0 saturated carbocycles. The van der Waals surface area contributed by atoms with Crippen molar-refractivity contribution in [3.63, 3.8) is 0 Å². The molecular weight excluding hydrogens is 391 g/mol. The number of benzene rings is 2. The zero-order chi connectivity index (χ0) is 20.2. The third kappa shape index (κ3) is 5.24. The molecule has 1 N–H and O–H groups in total. The topological polar surface area (TPSA) is 52.7 Å². The van der Waals surface area contributed by atoms with Crippen molar-refractivity contribution < 1.29 is 21.6 Å². The number of sulfonamides is 1. The van der Waals surface area contributed by atoms with Crippen molar-refractivity contribution in [1.82, 2.24) is 9.62 Å². The molecule has 0 aliphatic carbocycles. The maximum absolute atomic E-state index is 12.8. The van der Waals surface area contributed by atoms with E-state index >= 15 is 0 Å². The van der Waals surface area contributed by atoms with Crippen LogP contribution in [0.1, 0.15) is 5.56 Å². The number of hydrogen-bond acceptors (Lipinski definition) is 4. The van der Waals surface area contributed by atoms with Crippen LogP contribution in [-0.2, 0) is 16.2 Å². The van der Waals surface area contributed by atoms with Crippen molar-refractivity contribution in [1.29, 1.82) is 0 Å². The molecule has 0 aromatic heterocycles. The van der Waals surface area contributed by atoms with E-state index in [9.17, 15) is 21.6 Å². The van der Waals surface area contributed by atoms with Crippen LogP contribution in [0.3, 0.4) is 0 Å². The maximum atomic E-state index is 12.8. The maximum Gasteiger partial charge on any atom is 0.416 e. The van der Waals surface area contributed by atoms with Crippen molar-refractivity contribution in [3.8, 4) is 0 Å². The molecule has 2 aromatic rings. The van der Waals surface area contributed by atoms with E-state index in [1.165, 1.54) is 0 Å². The van der Waals surface area contributed by atoms with Crippen LogP contribution in [0.4, 0.5) is 18.9 Å². The van der Waals surface area contributed by atoms with Gasteiger partial charge in [0.15, 0.2) is 0 Å². The van der Waals surface area contributed by atoms with E-state index < -0.39 is 21.8 Å². The molecule has 1 fully saturated rings. The van der Waals surface area contributed by atoms with Gasteiger partial charge < -0.3 is 4.90 Å². The summed E-state index contributed by atoms with van der Waals surface area (Å²) in [5.41, 5.74) is 0.180. The highest BCUT2D eigenvalue weighted by Gasteiger charge is 2.31. The molecule has 9 heteroatoms. The van der Waals surface area contributed by atoms with Gasteiger partial charge in [-0.2, -0.15) is 13.2 Å². The Kier molecular flexibility index (Phi) is 6.26. The highest BCUT2D eigenvalue weighted by Crippen LogP contribution is 2.30. The first-order valence-corrected chi connectivity index (χ1v) is 10.4. The Balaban J connectivity index is 1.50. The Morgan fingerprint density at radius 2 is 1.61 bits per heavy atom. The molecule has 28 heavy (non-hydrogen) atoms. The Hall–Kier alpha value is -2.10. The molecule has 1 aliphatic rings. The minimum atomic E-state index is -4.58. The first kappa shape index (κ1) is 20.6. The number of nitrogens with one attached hydrogen (secondary N) is 1. The van der Waals surface area contributed by atoms with Gasteiger partial charge in [0.25, 0.3) is 0 Å². The summed E-state index contributed by atoms with van der Waals surface area (Å²) in [7, 11) is -3.98. The van der Waals surface area contributed by atoms with E-state index in [2.05, 4.69) is 26.7 Å². The summed E-state index contributed by atoms with van der Waals surface area (Å²) in [5, 5.41) is 0. The average molecular weight is 413 g/mol. The molecular formula is C19H22F3N3O2S. The van der Waals surface area contributed by atoms with Crippen LogP contribution in [0.5, 0.6) is 0 Å². The van der Waals surface area contributed by atoms with Crippen LogP contribution in [-0.4, -0.2) is 52.6 Å². The van der Waals surface area contributed by atoms with Gasteiger partial charge in [-0.1, -0.05) is 24.3 Å². The lowest BCUT2D eigenvalue weighted by atomic mass is 10.2. The van der Waals surface area contributed by atoms with Crippen LogP contribution in [0, 0.1) is 0 Å². The number of rotatable bonds is 6. The van der Waals surface area contributed by atoms with Crippen molar-refractivity contribution >= 4 is 15.7 Å². The lowest BCUT2D eigenvalue weighted by Crippen LogP contribution is -2.48. The monoisotopic (exact) mass is 413 g/mol. The van der Waals surface area contributed by atoms with E-state index in [1.807, 2.05) is 18.2 Å². The largest absolute Gasteiger partial charge is 0.416 e. The zero-order valence-electron chi connectivity index (χ0n) is 15.2. The second-order valence-corrected chi connectivity index (χ2v) is 8.35. The van der Waals surface area contributed by atoms with Crippen molar-refractivity contribution in [2.75, 3.05) is 44.2 Å². The molecule has 0 bridgehead atoms. The van der Waals surface area contributed by atoms with E-state index in [-0.39, 0.29) is 11.4 Å². The predicted molar refractivity (Wildman–Crippen MR) is 102 cm³/mol. The molecule has 0 atom stereocenters. The lowest BCUT2D eigenvalue weighted by molar-refractivity contribution is -0.137. The van der Waals surface area contributed by atoms with Gasteiger partial charge in [-0.05, 0) is 30.3 Å². The Morgan fingerprint density at radius 3 is 2.25 bits per heavy atom. The summed E-state index contributed by atoms with van der Waals surface area (Å²) >= 11 is 0. The van der Waals surface area contributed by atoms with Crippen LogP contribution >= 0.6 is 0 Å². The molecule has 0 amide bonds. The van der Waals surface area contributed by atoms with Crippen LogP contribution in [0.2, 0.25) is 0 Å².